The molecule has 1 aliphatic rings. The maximum atomic E-state index is 11.2. The Balaban J connectivity index is 0.00000256. The Kier molecular flexibility index (Phi) is 7.70. The van der Waals surface area contributed by atoms with Crippen LogP contribution in [0.5, 0.6) is 0 Å². The molecule has 1 aliphatic heterocycles. The molecule has 1 rings (SSSR count). The molecular weight excluding hydrogens is 242 g/mol. The van der Waals surface area contributed by atoms with Gasteiger partial charge in [-0.2, -0.15) is 0 Å². The largest absolute Gasteiger partial charge is 0.378 e. The number of carbonyl (C=O) groups is 1. The van der Waals surface area contributed by atoms with Crippen LogP contribution in [0.1, 0.15) is 13.8 Å². The predicted octanol–water partition coefficient (Wildman–Crippen LogP) is -0.145. The minimum atomic E-state index is 0. The van der Waals surface area contributed by atoms with Gasteiger partial charge in [0.1, 0.15) is 0 Å². The number of hydrogen-bond donors (Lipinski definition) is 2. The van der Waals surface area contributed by atoms with Crippen molar-refractivity contribution < 1.29 is 9.53 Å². The summed E-state index contributed by atoms with van der Waals surface area (Å²) in [4.78, 5) is 13.6. The number of nitrogens with one attached hydrogen (secondary N) is 2. The molecule has 0 bridgehead atoms. The number of rotatable bonds is 5. The summed E-state index contributed by atoms with van der Waals surface area (Å²) in [5, 5.41) is 5.71. The summed E-state index contributed by atoms with van der Waals surface area (Å²) in [5.41, 5.74) is 0.0754. The zero-order chi connectivity index (χ0) is 12.0. The molecule has 1 amide bonds. The maximum Gasteiger partial charge on any atom is 0.233 e. The lowest BCUT2D eigenvalue weighted by atomic mass is 10.0. The van der Waals surface area contributed by atoms with Crippen LogP contribution in [0.2, 0.25) is 0 Å². The topological polar surface area (TPSA) is 53.6 Å². The number of amides is 1. The van der Waals surface area contributed by atoms with E-state index >= 15 is 0 Å². The molecule has 0 spiro atoms. The molecule has 1 fully saturated rings. The minimum Gasteiger partial charge on any atom is -0.378 e. The van der Waals surface area contributed by atoms with Gasteiger partial charge in [0.25, 0.3) is 0 Å². The second-order valence-electron chi connectivity index (χ2n) is 4.73. The van der Waals surface area contributed by atoms with Crippen LogP contribution in [-0.4, -0.2) is 62.8 Å². The number of halogens is 1. The Morgan fingerprint density at radius 1 is 1.47 bits per heavy atom. The summed E-state index contributed by atoms with van der Waals surface area (Å²) in [6.07, 6.45) is 0. The average molecular weight is 266 g/mol. The zero-order valence-electron chi connectivity index (χ0n) is 10.9. The van der Waals surface area contributed by atoms with Gasteiger partial charge < -0.3 is 15.4 Å². The van der Waals surface area contributed by atoms with Gasteiger partial charge in [0.2, 0.25) is 5.91 Å². The molecule has 0 aromatic carbocycles. The molecule has 0 aromatic rings. The zero-order valence-corrected chi connectivity index (χ0v) is 11.7. The molecule has 5 nitrogen and oxygen atoms in total. The molecule has 102 valence electrons. The highest BCUT2D eigenvalue weighted by molar-refractivity contribution is 5.85. The first kappa shape index (κ1) is 16.6. The maximum absolute atomic E-state index is 11.2. The molecule has 1 heterocycles. The highest BCUT2D eigenvalue weighted by Crippen LogP contribution is 2.17. The summed E-state index contributed by atoms with van der Waals surface area (Å²) >= 11 is 0. The average Bonchev–Trinajstić information content (AvgIpc) is 2.21. The molecule has 0 aliphatic carbocycles. The summed E-state index contributed by atoms with van der Waals surface area (Å²) in [6, 6.07) is 0. The Labute approximate surface area is 110 Å². The van der Waals surface area contributed by atoms with Crippen LogP contribution in [0.25, 0.3) is 0 Å². The number of carbonyl (C=O) groups excluding carboxylic acids is 1. The first-order chi connectivity index (χ1) is 7.56. The minimum absolute atomic E-state index is 0. The predicted molar refractivity (Wildman–Crippen MR) is 70.7 cm³/mol. The van der Waals surface area contributed by atoms with Crippen molar-refractivity contribution in [2.45, 2.75) is 19.4 Å². The van der Waals surface area contributed by atoms with Crippen molar-refractivity contribution in [2.24, 2.45) is 0 Å². The Morgan fingerprint density at radius 3 is 2.76 bits per heavy atom. The Morgan fingerprint density at radius 2 is 2.18 bits per heavy atom. The summed E-state index contributed by atoms with van der Waals surface area (Å²) < 4.78 is 5.44. The second-order valence-corrected chi connectivity index (χ2v) is 4.73. The summed E-state index contributed by atoms with van der Waals surface area (Å²) in [7, 11) is 1.77. The van der Waals surface area contributed by atoms with Crippen molar-refractivity contribution in [1.29, 1.82) is 0 Å². The Hall–Kier alpha value is -0.360. The van der Waals surface area contributed by atoms with Gasteiger partial charge in [0.15, 0.2) is 0 Å². The van der Waals surface area contributed by atoms with Gasteiger partial charge in [0.05, 0.1) is 19.8 Å². The van der Waals surface area contributed by atoms with Crippen molar-refractivity contribution in [3.05, 3.63) is 0 Å². The number of ether oxygens (including phenoxy) is 1. The fraction of sp³-hybridized carbons (Fsp3) is 0.909. The third-order valence-corrected chi connectivity index (χ3v) is 2.86. The molecular formula is C11H24ClN3O2. The van der Waals surface area contributed by atoms with Crippen molar-refractivity contribution in [3.8, 4) is 0 Å². The highest BCUT2D eigenvalue weighted by Gasteiger charge is 2.29. The number of nitrogens with zero attached hydrogens (tertiary/aromatic N) is 1. The standard InChI is InChI=1S/C11H23N3O2.ClH/c1-11(2)9-16-7-6-14(11)5-4-13-10(15)8-12-3;/h12H,4-9H2,1-3H3,(H,13,15);1H. The van der Waals surface area contributed by atoms with Crippen LogP contribution in [0.15, 0.2) is 0 Å². The molecule has 6 heteroatoms. The van der Waals surface area contributed by atoms with E-state index < -0.39 is 0 Å². The SMILES string of the molecule is CNCC(=O)NCCN1CCOCC1(C)C.Cl. The molecule has 1 saturated heterocycles. The van der Waals surface area contributed by atoms with E-state index in [1.807, 2.05) is 0 Å². The molecule has 0 radical (unpaired) electrons. The van der Waals surface area contributed by atoms with Crippen molar-refractivity contribution >= 4 is 18.3 Å². The van der Waals surface area contributed by atoms with Crippen LogP contribution in [-0.2, 0) is 9.53 Å². The van der Waals surface area contributed by atoms with Gasteiger partial charge in [-0.1, -0.05) is 0 Å². The van der Waals surface area contributed by atoms with Crippen molar-refractivity contribution in [2.75, 3.05) is 46.4 Å². The van der Waals surface area contributed by atoms with Crippen LogP contribution in [0.3, 0.4) is 0 Å². The van der Waals surface area contributed by atoms with Crippen molar-refractivity contribution in [1.82, 2.24) is 15.5 Å². The third kappa shape index (κ3) is 5.68. The van der Waals surface area contributed by atoms with E-state index in [0.29, 0.717) is 13.1 Å². The van der Waals surface area contributed by atoms with Crippen molar-refractivity contribution in [3.63, 3.8) is 0 Å². The molecule has 0 saturated carbocycles. The fourth-order valence-corrected chi connectivity index (χ4v) is 1.86. The third-order valence-electron chi connectivity index (χ3n) is 2.86. The monoisotopic (exact) mass is 265 g/mol. The molecule has 0 unspecified atom stereocenters. The number of hydrogen-bond acceptors (Lipinski definition) is 4. The quantitative estimate of drug-likeness (QED) is 0.726. The van der Waals surface area contributed by atoms with Crippen LogP contribution in [0.4, 0.5) is 0 Å². The fourth-order valence-electron chi connectivity index (χ4n) is 1.86. The summed E-state index contributed by atoms with van der Waals surface area (Å²) in [5.74, 6) is 0.0496. The van der Waals surface area contributed by atoms with Crippen LogP contribution in [0, 0.1) is 0 Å². The summed E-state index contributed by atoms with van der Waals surface area (Å²) in [6.45, 7) is 8.78. The van der Waals surface area contributed by atoms with Crippen LogP contribution < -0.4 is 10.6 Å². The molecule has 2 N–H and O–H groups in total. The van der Waals surface area contributed by atoms with Crippen LogP contribution >= 0.6 is 12.4 Å². The smallest absolute Gasteiger partial charge is 0.233 e. The Bertz CT molecular complexity index is 237. The van der Waals surface area contributed by atoms with Gasteiger partial charge in [0, 0.05) is 25.2 Å². The van der Waals surface area contributed by atoms with Gasteiger partial charge in [-0.3, -0.25) is 9.69 Å². The first-order valence-corrected chi connectivity index (χ1v) is 5.80. The molecule has 0 atom stereocenters. The van der Waals surface area contributed by atoms with E-state index in [2.05, 4.69) is 29.4 Å². The lowest BCUT2D eigenvalue weighted by Crippen LogP contribution is -2.55. The van der Waals surface area contributed by atoms with E-state index in [4.69, 9.17) is 4.74 Å². The lowest BCUT2D eigenvalue weighted by molar-refractivity contribution is -0.120. The molecule has 0 aromatic heterocycles. The van der Waals surface area contributed by atoms with E-state index in [0.717, 1.165) is 26.3 Å². The van der Waals surface area contributed by atoms with Gasteiger partial charge in [-0.05, 0) is 20.9 Å². The number of likely N-dealkylation sites (N-methyl/N-ethyl adjacent to an activating group) is 1. The van der Waals surface area contributed by atoms with E-state index in [-0.39, 0.29) is 23.9 Å². The molecule has 17 heavy (non-hydrogen) atoms. The van der Waals surface area contributed by atoms with Gasteiger partial charge in [-0.15, -0.1) is 12.4 Å². The highest BCUT2D eigenvalue weighted by atomic mass is 35.5. The van der Waals surface area contributed by atoms with Gasteiger partial charge in [-0.25, -0.2) is 0 Å². The number of morpholine rings is 1. The van der Waals surface area contributed by atoms with Gasteiger partial charge >= 0.3 is 0 Å². The van der Waals surface area contributed by atoms with E-state index in [9.17, 15) is 4.79 Å². The normalized spacial score (nSPS) is 19.5. The lowest BCUT2D eigenvalue weighted by Gasteiger charge is -2.42. The second kappa shape index (κ2) is 7.87. The first-order valence-electron chi connectivity index (χ1n) is 5.80. The van der Waals surface area contributed by atoms with E-state index in [1.165, 1.54) is 0 Å². The van der Waals surface area contributed by atoms with E-state index in [1.54, 1.807) is 7.05 Å².